The Morgan fingerprint density at radius 2 is 0.831 bits per heavy atom. The van der Waals surface area contributed by atoms with E-state index in [2.05, 4.69) is 251 Å². The molecule has 0 atom stereocenters. The molecule has 0 bridgehead atoms. The molecule has 14 aromatic rings. The third kappa shape index (κ3) is 6.91. The first-order chi connectivity index (χ1) is 35.2. The van der Waals surface area contributed by atoms with Gasteiger partial charge in [-0.15, -0.1) is 22.7 Å². The summed E-state index contributed by atoms with van der Waals surface area (Å²) in [5.41, 5.74) is 9.74. The third-order valence-electron chi connectivity index (χ3n) is 13.8. The highest BCUT2D eigenvalue weighted by atomic mass is 32.1. The Morgan fingerprint density at radius 1 is 0.268 bits per heavy atom. The van der Waals surface area contributed by atoms with Crippen molar-refractivity contribution in [3.63, 3.8) is 0 Å². The highest BCUT2D eigenvalue weighted by molar-refractivity contribution is 7.27. The van der Waals surface area contributed by atoms with Crippen LogP contribution in [0.2, 0.25) is 0 Å². The zero-order valence-corrected chi connectivity index (χ0v) is 40.0. The Hall–Kier alpha value is -8.81. The van der Waals surface area contributed by atoms with Crippen LogP contribution in [0.4, 0.5) is 51.2 Å². The maximum absolute atomic E-state index is 4.77. The van der Waals surface area contributed by atoms with E-state index in [0.29, 0.717) is 0 Å². The fraction of sp³-hybridized carbons (Fsp3) is 0. The average molecular weight is 943 g/mol. The molecule has 0 saturated carbocycles. The lowest BCUT2D eigenvalue weighted by molar-refractivity contribution is 1.24. The first kappa shape index (κ1) is 41.2. The van der Waals surface area contributed by atoms with Crippen molar-refractivity contribution >= 4 is 147 Å². The van der Waals surface area contributed by atoms with Gasteiger partial charge >= 0.3 is 0 Å². The van der Waals surface area contributed by atoms with Crippen LogP contribution in [0.3, 0.4) is 0 Å². The van der Waals surface area contributed by atoms with Gasteiger partial charge in [-0.25, -0.2) is 0 Å². The van der Waals surface area contributed by atoms with Gasteiger partial charge in [0.1, 0.15) is 0 Å². The SMILES string of the molecule is c1ccc(N(c2cc(N(c3cccnc3)c3cccc4c3sc3ccccc34)c3sc4ccc(N(c5ccccc5)c5cc6ccccc6c6ccccc56)cc4c3c2)c2cccc3ccccc23)cc1. The molecule has 4 nitrogen and oxygen atoms in total. The largest absolute Gasteiger partial charge is 0.310 e. The van der Waals surface area contributed by atoms with E-state index < -0.39 is 0 Å². The molecule has 0 aliphatic heterocycles. The topological polar surface area (TPSA) is 22.6 Å². The highest BCUT2D eigenvalue weighted by Gasteiger charge is 2.26. The van der Waals surface area contributed by atoms with E-state index in [0.717, 1.165) is 51.2 Å². The van der Waals surface area contributed by atoms with Gasteiger partial charge in [0, 0.05) is 70.7 Å². The van der Waals surface area contributed by atoms with Crippen LogP contribution in [0.15, 0.2) is 255 Å². The number of aromatic nitrogens is 1. The van der Waals surface area contributed by atoms with E-state index in [1.165, 1.54) is 72.7 Å². The monoisotopic (exact) mass is 942 g/mol. The predicted octanol–water partition coefficient (Wildman–Crippen LogP) is 19.7. The summed E-state index contributed by atoms with van der Waals surface area (Å²) in [4.78, 5) is 12.1. The lowest BCUT2D eigenvalue weighted by Gasteiger charge is -2.30. The van der Waals surface area contributed by atoms with Crippen LogP contribution in [-0.2, 0) is 0 Å². The molecule has 11 aromatic carbocycles. The van der Waals surface area contributed by atoms with Crippen molar-refractivity contribution in [2.75, 3.05) is 14.7 Å². The number of hydrogen-bond donors (Lipinski definition) is 0. The number of thiophene rings is 2. The molecule has 0 unspecified atom stereocenters. The summed E-state index contributed by atoms with van der Waals surface area (Å²) < 4.78 is 4.90. The lowest BCUT2D eigenvalue weighted by atomic mass is 9.99. The maximum Gasteiger partial charge on any atom is 0.0662 e. The number of pyridine rings is 1. The van der Waals surface area contributed by atoms with Crippen LogP contribution in [0.25, 0.3) is 72.7 Å². The zero-order valence-electron chi connectivity index (χ0n) is 38.4. The summed E-state index contributed by atoms with van der Waals surface area (Å²) in [5, 5.41) is 12.1. The fourth-order valence-electron chi connectivity index (χ4n) is 10.7. The van der Waals surface area contributed by atoms with Crippen molar-refractivity contribution in [1.82, 2.24) is 4.98 Å². The molecule has 3 aromatic heterocycles. The predicted molar refractivity (Wildman–Crippen MR) is 307 cm³/mol. The molecule has 0 saturated heterocycles. The minimum atomic E-state index is 0.990. The molecular formula is C65H42N4S2. The number of hydrogen-bond acceptors (Lipinski definition) is 6. The Bertz CT molecular complexity index is 4310. The number of para-hydroxylation sites is 2. The van der Waals surface area contributed by atoms with E-state index in [1.807, 2.05) is 41.1 Å². The van der Waals surface area contributed by atoms with Gasteiger partial charge in [-0.3, -0.25) is 4.98 Å². The van der Waals surface area contributed by atoms with Crippen LogP contribution in [0.5, 0.6) is 0 Å². The van der Waals surface area contributed by atoms with E-state index in [1.54, 1.807) is 0 Å². The van der Waals surface area contributed by atoms with E-state index in [-0.39, 0.29) is 0 Å². The van der Waals surface area contributed by atoms with Crippen LogP contribution >= 0.6 is 22.7 Å². The molecule has 71 heavy (non-hydrogen) atoms. The molecule has 0 fully saturated rings. The summed E-state index contributed by atoms with van der Waals surface area (Å²) in [6, 6.07) is 88.6. The molecule has 0 spiro atoms. The summed E-state index contributed by atoms with van der Waals surface area (Å²) in [6.07, 6.45) is 3.87. The Kier molecular flexibility index (Phi) is 9.86. The van der Waals surface area contributed by atoms with Gasteiger partial charge in [-0.1, -0.05) is 152 Å². The molecule has 14 rings (SSSR count). The van der Waals surface area contributed by atoms with Crippen molar-refractivity contribution in [2.24, 2.45) is 0 Å². The van der Waals surface area contributed by atoms with Gasteiger partial charge in [-0.05, 0) is 113 Å². The standard InChI is InChI=1S/C65H42N4S2/c1-3-21-45(22-4-1)67(60-38-44-19-8-9-26-50(44)52-28-11-12-29-53(52)60)47-35-36-63-56(39-47)57-40-49(68(46-23-5-2-6-24-46)58-32-15-20-43-18-7-10-27-51(43)58)41-61(65(57)71-63)69(48-25-17-37-66-42-48)59-33-16-31-55-54-30-13-14-34-62(54)70-64(55)59/h1-42H. The molecule has 334 valence electrons. The maximum atomic E-state index is 4.77. The fourth-order valence-corrected chi connectivity index (χ4v) is 13.1. The van der Waals surface area contributed by atoms with Gasteiger partial charge in [-0.2, -0.15) is 0 Å². The van der Waals surface area contributed by atoms with Crippen LogP contribution in [0, 0.1) is 0 Å². The van der Waals surface area contributed by atoms with Gasteiger partial charge in [0.15, 0.2) is 0 Å². The van der Waals surface area contributed by atoms with Crippen LogP contribution < -0.4 is 14.7 Å². The number of benzene rings is 11. The Morgan fingerprint density at radius 3 is 1.61 bits per heavy atom. The molecule has 3 heterocycles. The zero-order chi connectivity index (χ0) is 46.8. The lowest BCUT2D eigenvalue weighted by Crippen LogP contribution is -2.14. The van der Waals surface area contributed by atoms with Crippen molar-refractivity contribution < 1.29 is 0 Å². The summed E-state index contributed by atoms with van der Waals surface area (Å²) in [7, 11) is 0. The summed E-state index contributed by atoms with van der Waals surface area (Å²) >= 11 is 3.70. The van der Waals surface area contributed by atoms with Crippen molar-refractivity contribution in [3.8, 4) is 0 Å². The minimum absolute atomic E-state index is 0.990. The molecule has 0 aliphatic rings. The first-order valence-corrected chi connectivity index (χ1v) is 25.6. The van der Waals surface area contributed by atoms with Crippen LogP contribution in [0.1, 0.15) is 0 Å². The summed E-state index contributed by atoms with van der Waals surface area (Å²) in [5.74, 6) is 0. The Labute approximate surface area is 418 Å². The number of anilines is 9. The molecule has 0 radical (unpaired) electrons. The second kappa shape index (κ2) is 17.0. The molecule has 0 aliphatic carbocycles. The molecular weight excluding hydrogens is 901 g/mol. The number of rotatable bonds is 9. The molecule has 0 N–H and O–H groups in total. The number of nitrogens with zero attached hydrogens (tertiary/aromatic N) is 4. The van der Waals surface area contributed by atoms with E-state index in [9.17, 15) is 0 Å². The minimum Gasteiger partial charge on any atom is -0.310 e. The normalized spacial score (nSPS) is 11.7. The summed E-state index contributed by atoms with van der Waals surface area (Å²) in [6.45, 7) is 0. The highest BCUT2D eigenvalue weighted by Crippen LogP contribution is 2.53. The quantitative estimate of drug-likeness (QED) is 0.135. The Balaban J connectivity index is 1.09. The van der Waals surface area contributed by atoms with Crippen molar-refractivity contribution in [3.05, 3.63) is 255 Å². The number of fused-ring (bicyclic) bond motifs is 10. The molecule has 6 heteroatoms. The van der Waals surface area contributed by atoms with Crippen molar-refractivity contribution in [2.45, 2.75) is 0 Å². The smallest absolute Gasteiger partial charge is 0.0662 e. The van der Waals surface area contributed by atoms with Gasteiger partial charge in [0.05, 0.1) is 44.0 Å². The van der Waals surface area contributed by atoms with Crippen LogP contribution in [-0.4, -0.2) is 4.98 Å². The third-order valence-corrected chi connectivity index (χ3v) is 16.2. The van der Waals surface area contributed by atoms with Gasteiger partial charge < -0.3 is 14.7 Å². The van der Waals surface area contributed by atoms with E-state index >= 15 is 0 Å². The molecule has 0 amide bonds. The van der Waals surface area contributed by atoms with Gasteiger partial charge in [0.25, 0.3) is 0 Å². The average Bonchev–Trinajstić information content (AvgIpc) is 4.01. The first-order valence-electron chi connectivity index (χ1n) is 23.9. The van der Waals surface area contributed by atoms with Gasteiger partial charge in [0.2, 0.25) is 0 Å². The van der Waals surface area contributed by atoms with Crippen molar-refractivity contribution in [1.29, 1.82) is 0 Å². The van der Waals surface area contributed by atoms with E-state index in [4.69, 9.17) is 4.98 Å². The second-order valence-corrected chi connectivity index (χ2v) is 20.0. The second-order valence-electron chi connectivity index (χ2n) is 17.9.